The van der Waals surface area contributed by atoms with E-state index >= 15 is 0 Å². The lowest BCUT2D eigenvalue weighted by molar-refractivity contribution is 0.317. The van der Waals surface area contributed by atoms with E-state index in [1.165, 1.54) is 29.8 Å². The van der Waals surface area contributed by atoms with Crippen LogP contribution in [0.5, 0.6) is 0 Å². The highest BCUT2D eigenvalue weighted by molar-refractivity contribution is 5.54. The minimum absolute atomic E-state index is 1.00. The summed E-state index contributed by atoms with van der Waals surface area (Å²) in [6.07, 6.45) is 1.22. The topological polar surface area (TPSA) is 6.48 Å². The zero-order chi connectivity index (χ0) is 13.8. The van der Waals surface area contributed by atoms with Gasteiger partial charge in [-0.15, -0.1) is 0 Å². The van der Waals surface area contributed by atoms with Gasteiger partial charge in [-0.1, -0.05) is 48.5 Å². The van der Waals surface area contributed by atoms with Crippen molar-refractivity contribution in [3.8, 4) is 0 Å². The largest absolute Gasteiger partial charge is 0.367 e. The third kappa shape index (κ3) is 3.02. The smallest absolute Gasteiger partial charge is 0.0429 e. The van der Waals surface area contributed by atoms with E-state index in [0.29, 0.717) is 0 Å². The number of para-hydroxylation sites is 1. The summed E-state index contributed by atoms with van der Waals surface area (Å²) < 4.78 is 0. The molecule has 2 aromatic rings. The third-order valence-corrected chi connectivity index (χ3v) is 3.96. The second kappa shape index (κ2) is 6.10. The van der Waals surface area contributed by atoms with Gasteiger partial charge in [0.15, 0.2) is 0 Å². The summed E-state index contributed by atoms with van der Waals surface area (Å²) >= 11 is 0. The number of nitrogens with zero attached hydrogens (tertiary/aromatic N) is 2. The summed E-state index contributed by atoms with van der Waals surface area (Å²) in [5, 5.41) is 0. The molecule has 0 aliphatic carbocycles. The fourth-order valence-electron chi connectivity index (χ4n) is 2.94. The Labute approximate surface area is 121 Å². The van der Waals surface area contributed by atoms with Crippen LogP contribution in [0.3, 0.4) is 0 Å². The van der Waals surface area contributed by atoms with Crippen LogP contribution in [-0.2, 0) is 13.1 Å². The Morgan fingerprint density at radius 1 is 0.900 bits per heavy atom. The van der Waals surface area contributed by atoms with E-state index in [1.54, 1.807) is 0 Å². The van der Waals surface area contributed by atoms with Crippen LogP contribution in [0.2, 0.25) is 0 Å². The van der Waals surface area contributed by atoms with E-state index in [4.69, 9.17) is 0 Å². The van der Waals surface area contributed by atoms with Gasteiger partial charge < -0.3 is 9.80 Å². The molecule has 2 aromatic carbocycles. The van der Waals surface area contributed by atoms with Gasteiger partial charge in [0.1, 0.15) is 0 Å². The molecule has 0 saturated carbocycles. The van der Waals surface area contributed by atoms with Gasteiger partial charge in [-0.25, -0.2) is 0 Å². The van der Waals surface area contributed by atoms with Crippen LogP contribution in [0.25, 0.3) is 0 Å². The van der Waals surface area contributed by atoms with Gasteiger partial charge in [0.05, 0.1) is 0 Å². The van der Waals surface area contributed by atoms with Crippen LogP contribution < -0.4 is 4.90 Å². The van der Waals surface area contributed by atoms with E-state index in [9.17, 15) is 0 Å². The summed E-state index contributed by atoms with van der Waals surface area (Å²) in [6.45, 7) is 4.33. The Morgan fingerprint density at radius 3 is 2.50 bits per heavy atom. The van der Waals surface area contributed by atoms with Gasteiger partial charge in [0, 0.05) is 25.3 Å². The first kappa shape index (κ1) is 13.2. The van der Waals surface area contributed by atoms with Crippen molar-refractivity contribution in [3.05, 3.63) is 65.7 Å². The lowest BCUT2D eigenvalue weighted by Crippen LogP contribution is -2.32. The molecule has 3 rings (SSSR count). The molecule has 0 bridgehead atoms. The molecule has 104 valence electrons. The van der Waals surface area contributed by atoms with E-state index in [2.05, 4.69) is 71.4 Å². The predicted molar refractivity (Wildman–Crippen MR) is 84.9 cm³/mol. The van der Waals surface area contributed by atoms with Crippen molar-refractivity contribution in [1.82, 2.24) is 4.90 Å². The Kier molecular flexibility index (Phi) is 4.03. The second-order valence-corrected chi connectivity index (χ2v) is 5.63. The number of fused-ring (bicyclic) bond motifs is 1. The molecule has 0 saturated heterocycles. The number of hydrogen-bond acceptors (Lipinski definition) is 2. The molecule has 1 aliphatic rings. The van der Waals surface area contributed by atoms with Crippen molar-refractivity contribution < 1.29 is 0 Å². The standard InChI is InChI=1S/C18H22N2/c1-19-12-7-13-20(14-16-8-3-2-4-9-16)18-11-6-5-10-17(18)15-19/h2-6,8-11H,7,12-15H2,1H3. The summed E-state index contributed by atoms with van der Waals surface area (Å²) in [5.41, 5.74) is 4.21. The molecule has 0 fully saturated rings. The van der Waals surface area contributed by atoms with Crippen molar-refractivity contribution >= 4 is 5.69 Å². The Balaban J connectivity index is 1.88. The fraction of sp³-hybridized carbons (Fsp3) is 0.333. The molecule has 0 amide bonds. The monoisotopic (exact) mass is 266 g/mol. The zero-order valence-corrected chi connectivity index (χ0v) is 12.1. The minimum atomic E-state index is 1.00. The molecule has 0 radical (unpaired) electrons. The molecule has 2 heteroatoms. The van der Waals surface area contributed by atoms with Crippen molar-refractivity contribution in [1.29, 1.82) is 0 Å². The maximum Gasteiger partial charge on any atom is 0.0429 e. The van der Waals surface area contributed by atoms with Gasteiger partial charge in [0.2, 0.25) is 0 Å². The van der Waals surface area contributed by atoms with Crippen molar-refractivity contribution in [2.45, 2.75) is 19.5 Å². The molecule has 20 heavy (non-hydrogen) atoms. The van der Waals surface area contributed by atoms with Gasteiger partial charge in [0.25, 0.3) is 0 Å². The van der Waals surface area contributed by atoms with Gasteiger partial charge in [-0.3, -0.25) is 0 Å². The highest BCUT2D eigenvalue weighted by Gasteiger charge is 2.15. The first-order chi connectivity index (χ1) is 9.83. The van der Waals surface area contributed by atoms with E-state index < -0.39 is 0 Å². The quantitative estimate of drug-likeness (QED) is 0.820. The second-order valence-electron chi connectivity index (χ2n) is 5.63. The average molecular weight is 266 g/mol. The first-order valence-corrected chi connectivity index (χ1v) is 7.38. The highest BCUT2D eigenvalue weighted by atomic mass is 15.2. The maximum absolute atomic E-state index is 2.53. The zero-order valence-electron chi connectivity index (χ0n) is 12.1. The van der Waals surface area contributed by atoms with Crippen LogP contribution in [0.1, 0.15) is 17.5 Å². The Hall–Kier alpha value is -1.80. The molecule has 2 nitrogen and oxygen atoms in total. The molecule has 0 atom stereocenters. The highest BCUT2D eigenvalue weighted by Crippen LogP contribution is 2.25. The molecule has 1 aliphatic heterocycles. The summed E-state index contributed by atoms with van der Waals surface area (Å²) in [7, 11) is 2.21. The number of hydrogen-bond donors (Lipinski definition) is 0. The Bertz CT molecular complexity index is 550. The van der Waals surface area contributed by atoms with Crippen LogP contribution in [0.4, 0.5) is 5.69 Å². The SMILES string of the molecule is CN1CCCN(Cc2ccccc2)c2ccccc2C1. The number of anilines is 1. The Morgan fingerprint density at radius 2 is 1.65 bits per heavy atom. The molecule has 0 unspecified atom stereocenters. The molecule has 0 aromatic heterocycles. The maximum atomic E-state index is 2.53. The van der Waals surface area contributed by atoms with Crippen LogP contribution in [-0.4, -0.2) is 25.0 Å². The van der Waals surface area contributed by atoms with Gasteiger partial charge >= 0.3 is 0 Å². The average Bonchev–Trinajstić information content (AvgIpc) is 2.46. The van der Waals surface area contributed by atoms with Crippen LogP contribution >= 0.6 is 0 Å². The normalized spacial score (nSPS) is 16.4. The molecular weight excluding hydrogens is 244 g/mol. The van der Waals surface area contributed by atoms with Crippen molar-refractivity contribution in [2.24, 2.45) is 0 Å². The minimum Gasteiger partial charge on any atom is -0.367 e. The number of rotatable bonds is 2. The third-order valence-electron chi connectivity index (χ3n) is 3.96. The van der Waals surface area contributed by atoms with E-state index in [-0.39, 0.29) is 0 Å². The summed E-state index contributed by atoms with van der Waals surface area (Å²) in [5.74, 6) is 0. The van der Waals surface area contributed by atoms with E-state index in [0.717, 1.165) is 19.6 Å². The lowest BCUT2D eigenvalue weighted by Gasteiger charge is -2.32. The molecule has 0 spiro atoms. The first-order valence-electron chi connectivity index (χ1n) is 7.38. The van der Waals surface area contributed by atoms with Gasteiger partial charge in [-0.2, -0.15) is 0 Å². The van der Waals surface area contributed by atoms with E-state index in [1.807, 2.05) is 0 Å². The van der Waals surface area contributed by atoms with Crippen molar-refractivity contribution in [2.75, 3.05) is 25.0 Å². The lowest BCUT2D eigenvalue weighted by atomic mass is 10.1. The molecule has 1 heterocycles. The van der Waals surface area contributed by atoms with Crippen LogP contribution in [0, 0.1) is 0 Å². The molecular formula is C18H22N2. The summed E-state index contributed by atoms with van der Waals surface area (Å²) in [4.78, 5) is 4.94. The van der Waals surface area contributed by atoms with Crippen LogP contribution in [0.15, 0.2) is 54.6 Å². The number of benzene rings is 2. The fourth-order valence-corrected chi connectivity index (χ4v) is 2.94. The summed E-state index contributed by atoms with van der Waals surface area (Å²) in [6, 6.07) is 19.6. The predicted octanol–water partition coefficient (Wildman–Crippen LogP) is 3.53. The van der Waals surface area contributed by atoms with Crippen molar-refractivity contribution in [3.63, 3.8) is 0 Å². The molecule has 0 N–H and O–H groups in total. The van der Waals surface area contributed by atoms with Gasteiger partial charge in [-0.05, 0) is 37.2 Å².